The summed E-state index contributed by atoms with van der Waals surface area (Å²) in [6.45, 7) is 10.5. The maximum atomic E-state index is 11.0. The average Bonchev–Trinajstić information content (AvgIpc) is 2.29. The lowest BCUT2D eigenvalue weighted by atomic mass is 10.0. The van der Waals surface area contributed by atoms with E-state index in [2.05, 4.69) is 13.2 Å². The van der Waals surface area contributed by atoms with Crippen molar-refractivity contribution < 1.29 is 19.1 Å². The molecule has 0 saturated carbocycles. The van der Waals surface area contributed by atoms with Crippen molar-refractivity contribution in [1.29, 1.82) is 0 Å². The van der Waals surface area contributed by atoms with Crippen molar-refractivity contribution in [2.24, 2.45) is 5.92 Å². The van der Waals surface area contributed by atoms with E-state index in [1.165, 1.54) is 0 Å². The number of hydrogen-bond donors (Lipinski definition) is 0. The second-order valence-electron chi connectivity index (χ2n) is 3.35. The number of rotatable bonds is 7. The lowest BCUT2D eigenvalue weighted by Gasteiger charge is -2.21. The van der Waals surface area contributed by atoms with Gasteiger partial charge < -0.3 is 9.47 Å². The summed E-state index contributed by atoms with van der Waals surface area (Å²) in [5.41, 5.74) is 0. The first-order valence-electron chi connectivity index (χ1n) is 5.17. The van der Waals surface area contributed by atoms with Gasteiger partial charge in [0.1, 0.15) is 6.10 Å². The minimum absolute atomic E-state index is 0.0206. The first-order chi connectivity index (χ1) is 7.54. The Bertz CT molecular complexity index is 270. The van der Waals surface area contributed by atoms with E-state index in [1.807, 2.05) is 6.92 Å². The Hall–Kier alpha value is -1.58. The number of carbonyl (C=O) groups is 2. The zero-order valence-electron chi connectivity index (χ0n) is 9.77. The van der Waals surface area contributed by atoms with Gasteiger partial charge in [-0.1, -0.05) is 20.1 Å². The molecule has 4 heteroatoms. The van der Waals surface area contributed by atoms with Crippen molar-refractivity contribution >= 4 is 11.9 Å². The van der Waals surface area contributed by atoms with Crippen LogP contribution in [0.3, 0.4) is 0 Å². The molecule has 4 nitrogen and oxygen atoms in total. The molecule has 2 unspecified atom stereocenters. The molecule has 0 bridgehead atoms. The fourth-order valence-electron chi connectivity index (χ4n) is 1.16. The Morgan fingerprint density at radius 2 is 1.81 bits per heavy atom. The van der Waals surface area contributed by atoms with Crippen LogP contribution in [0.1, 0.15) is 20.3 Å². The summed E-state index contributed by atoms with van der Waals surface area (Å²) in [6.07, 6.45) is 2.65. The Kier molecular flexibility index (Phi) is 6.92. The highest BCUT2D eigenvalue weighted by molar-refractivity contribution is 5.81. The van der Waals surface area contributed by atoms with Gasteiger partial charge in [0.2, 0.25) is 0 Å². The Morgan fingerprint density at radius 1 is 1.25 bits per heavy atom. The van der Waals surface area contributed by atoms with Gasteiger partial charge in [0.05, 0.1) is 6.61 Å². The second kappa shape index (κ2) is 7.68. The van der Waals surface area contributed by atoms with Gasteiger partial charge in [-0.2, -0.15) is 0 Å². The van der Waals surface area contributed by atoms with Crippen molar-refractivity contribution in [3.63, 3.8) is 0 Å². The van der Waals surface area contributed by atoms with Gasteiger partial charge in [-0.05, 0) is 13.3 Å². The molecule has 0 amide bonds. The molecule has 2 atom stereocenters. The zero-order chi connectivity index (χ0) is 12.6. The standard InChI is InChI=1S/C12H18O4/c1-5-10(8-15-11(13)6-2)9(4)16-12(14)7-3/h6-7,9-10H,2-3,5,8H2,1,4H3. The summed E-state index contributed by atoms with van der Waals surface area (Å²) in [5, 5.41) is 0. The highest BCUT2D eigenvalue weighted by Gasteiger charge is 2.19. The molecule has 0 saturated heterocycles. The first-order valence-corrected chi connectivity index (χ1v) is 5.17. The normalized spacial score (nSPS) is 13.4. The third-order valence-electron chi connectivity index (χ3n) is 2.26. The van der Waals surface area contributed by atoms with Crippen LogP contribution in [0.25, 0.3) is 0 Å². The summed E-state index contributed by atoms with van der Waals surface area (Å²) in [6, 6.07) is 0. The number of ether oxygens (including phenoxy) is 2. The number of hydrogen-bond acceptors (Lipinski definition) is 4. The van der Waals surface area contributed by atoms with Crippen LogP contribution in [0, 0.1) is 5.92 Å². The van der Waals surface area contributed by atoms with Gasteiger partial charge in [-0.3, -0.25) is 0 Å². The van der Waals surface area contributed by atoms with Crippen LogP contribution in [-0.4, -0.2) is 24.6 Å². The topological polar surface area (TPSA) is 52.6 Å². The lowest BCUT2D eigenvalue weighted by Crippen LogP contribution is -2.27. The molecular weight excluding hydrogens is 208 g/mol. The highest BCUT2D eigenvalue weighted by Crippen LogP contribution is 2.13. The van der Waals surface area contributed by atoms with E-state index in [-0.39, 0.29) is 18.6 Å². The molecule has 0 heterocycles. The van der Waals surface area contributed by atoms with Gasteiger partial charge in [0.25, 0.3) is 0 Å². The average molecular weight is 226 g/mol. The predicted molar refractivity (Wildman–Crippen MR) is 60.7 cm³/mol. The van der Waals surface area contributed by atoms with Crippen molar-refractivity contribution in [3.8, 4) is 0 Å². The van der Waals surface area contributed by atoms with Crippen LogP contribution in [0.2, 0.25) is 0 Å². The molecule has 0 aromatic heterocycles. The molecule has 0 spiro atoms. The Labute approximate surface area is 95.9 Å². The van der Waals surface area contributed by atoms with E-state index in [0.717, 1.165) is 18.6 Å². The molecule has 0 aliphatic carbocycles. The molecule has 90 valence electrons. The van der Waals surface area contributed by atoms with Gasteiger partial charge in [-0.25, -0.2) is 9.59 Å². The quantitative estimate of drug-likeness (QED) is 0.491. The summed E-state index contributed by atoms with van der Waals surface area (Å²) < 4.78 is 9.95. The minimum atomic E-state index is -0.472. The third-order valence-corrected chi connectivity index (χ3v) is 2.26. The lowest BCUT2D eigenvalue weighted by molar-refractivity contribution is -0.148. The zero-order valence-corrected chi connectivity index (χ0v) is 9.77. The van der Waals surface area contributed by atoms with E-state index < -0.39 is 11.9 Å². The number of carbonyl (C=O) groups excluding carboxylic acids is 2. The van der Waals surface area contributed by atoms with Gasteiger partial charge in [-0.15, -0.1) is 0 Å². The maximum Gasteiger partial charge on any atom is 0.330 e. The van der Waals surface area contributed by atoms with Gasteiger partial charge in [0, 0.05) is 18.1 Å². The minimum Gasteiger partial charge on any atom is -0.462 e. The summed E-state index contributed by atoms with van der Waals surface area (Å²) in [5.74, 6) is -0.963. The van der Waals surface area contributed by atoms with Crippen LogP contribution in [0.5, 0.6) is 0 Å². The number of esters is 2. The molecule has 0 aliphatic rings. The van der Waals surface area contributed by atoms with Crippen molar-refractivity contribution in [2.45, 2.75) is 26.4 Å². The van der Waals surface area contributed by atoms with Gasteiger partial charge >= 0.3 is 11.9 Å². The smallest absolute Gasteiger partial charge is 0.330 e. The summed E-state index contributed by atoms with van der Waals surface area (Å²) in [7, 11) is 0. The van der Waals surface area contributed by atoms with E-state index >= 15 is 0 Å². The summed E-state index contributed by atoms with van der Waals surface area (Å²) >= 11 is 0. The van der Waals surface area contributed by atoms with Crippen LogP contribution < -0.4 is 0 Å². The van der Waals surface area contributed by atoms with Crippen molar-refractivity contribution in [2.75, 3.05) is 6.61 Å². The van der Waals surface area contributed by atoms with Crippen molar-refractivity contribution in [3.05, 3.63) is 25.3 Å². The van der Waals surface area contributed by atoms with Crippen LogP contribution in [0.4, 0.5) is 0 Å². The Morgan fingerprint density at radius 3 is 2.25 bits per heavy atom. The van der Waals surface area contributed by atoms with Crippen LogP contribution in [-0.2, 0) is 19.1 Å². The van der Waals surface area contributed by atoms with E-state index in [4.69, 9.17) is 9.47 Å². The predicted octanol–water partition coefficient (Wildman–Crippen LogP) is 1.86. The van der Waals surface area contributed by atoms with E-state index in [0.29, 0.717) is 0 Å². The van der Waals surface area contributed by atoms with Crippen molar-refractivity contribution in [1.82, 2.24) is 0 Å². The molecule has 0 radical (unpaired) electrons. The monoisotopic (exact) mass is 226 g/mol. The molecule has 0 aromatic carbocycles. The summed E-state index contributed by atoms with van der Waals surface area (Å²) in [4.78, 5) is 21.8. The molecule has 0 fully saturated rings. The fourth-order valence-corrected chi connectivity index (χ4v) is 1.16. The SMILES string of the molecule is C=CC(=O)OCC(CC)C(C)OC(=O)C=C. The van der Waals surface area contributed by atoms with Crippen LogP contribution >= 0.6 is 0 Å². The van der Waals surface area contributed by atoms with E-state index in [9.17, 15) is 9.59 Å². The molecule has 0 N–H and O–H groups in total. The Balaban J connectivity index is 4.15. The molecule has 0 rings (SSSR count). The largest absolute Gasteiger partial charge is 0.462 e. The maximum absolute atomic E-state index is 11.0. The molecule has 0 aromatic rings. The first kappa shape index (κ1) is 14.4. The second-order valence-corrected chi connectivity index (χ2v) is 3.35. The highest BCUT2D eigenvalue weighted by atomic mass is 16.6. The molecule has 16 heavy (non-hydrogen) atoms. The molecule has 0 aliphatic heterocycles. The van der Waals surface area contributed by atoms with Gasteiger partial charge in [0.15, 0.2) is 0 Å². The molecular formula is C12H18O4. The van der Waals surface area contributed by atoms with E-state index in [1.54, 1.807) is 6.92 Å². The fraction of sp³-hybridized carbons (Fsp3) is 0.500. The third kappa shape index (κ3) is 5.34. The van der Waals surface area contributed by atoms with Crippen LogP contribution in [0.15, 0.2) is 25.3 Å².